The molecule has 20 heavy (non-hydrogen) atoms. The van der Waals surface area contributed by atoms with Crippen LogP contribution < -0.4 is 5.32 Å². The number of carbonyl (C=O) groups excluding carboxylic acids is 1. The van der Waals surface area contributed by atoms with Crippen LogP contribution in [-0.2, 0) is 14.6 Å². The molecular formula is C12H19N3O4S. The Balaban J connectivity index is 2.09. The predicted octanol–water partition coefficient (Wildman–Crippen LogP) is -0.0727. The van der Waals surface area contributed by atoms with Crippen molar-refractivity contribution in [2.24, 2.45) is 0 Å². The highest BCUT2D eigenvalue weighted by molar-refractivity contribution is 7.91. The minimum absolute atomic E-state index is 0.0975. The van der Waals surface area contributed by atoms with Crippen molar-refractivity contribution in [1.29, 1.82) is 0 Å². The molecule has 1 atom stereocenters. The Morgan fingerprint density at radius 2 is 2.35 bits per heavy atom. The summed E-state index contributed by atoms with van der Waals surface area (Å²) in [5, 5.41) is 6.90. The van der Waals surface area contributed by atoms with Crippen LogP contribution in [0.4, 0.5) is 0 Å². The lowest BCUT2D eigenvalue weighted by molar-refractivity contribution is 0.0936. The van der Waals surface area contributed by atoms with E-state index in [4.69, 9.17) is 4.74 Å². The zero-order valence-corrected chi connectivity index (χ0v) is 12.4. The molecule has 0 aromatic carbocycles. The molecule has 1 fully saturated rings. The fraction of sp³-hybridized carbons (Fsp3) is 0.667. The molecule has 1 aliphatic rings. The molecule has 2 rings (SSSR count). The number of aromatic nitrogens is 2. The molecule has 2 heterocycles. The summed E-state index contributed by atoms with van der Waals surface area (Å²) in [4.78, 5) is 12.0. The molecule has 0 spiro atoms. The SMILES string of the molecule is COCCNC(=O)c1cnn(C2CCS(=O)(=O)C2)c1C. The number of nitrogens with one attached hydrogen (secondary N) is 1. The van der Waals surface area contributed by atoms with E-state index in [2.05, 4.69) is 10.4 Å². The maximum absolute atomic E-state index is 12.0. The minimum Gasteiger partial charge on any atom is -0.383 e. The zero-order valence-electron chi connectivity index (χ0n) is 11.6. The van der Waals surface area contributed by atoms with Gasteiger partial charge in [0.25, 0.3) is 5.91 Å². The first-order valence-electron chi connectivity index (χ1n) is 6.46. The number of ether oxygens (including phenoxy) is 1. The second-order valence-corrected chi connectivity index (χ2v) is 7.12. The quantitative estimate of drug-likeness (QED) is 0.769. The Morgan fingerprint density at radius 1 is 1.60 bits per heavy atom. The van der Waals surface area contributed by atoms with Gasteiger partial charge in [0.1, 0.15) is 0 Å². The van der Waals surface area contributed by atoms with Crippen molar-refractivity contribution in [2.75, 3.05) is 31.8 Å². The minimum atomic E-state index is -2.97. The third-order valence-corrected chi connectivity index (χ3v) is 5.19. The zero-order chi connectivity index (χ0) is 14.8. The smallest absolute Gasteiger partial charge is 0.254 e. The van der Waals surface area contributed by atoms with Gasteiger partial charge in [-0.1, -0.05) is 0 Å². The van der Waals surface area contributed by atoms with Crippen LogP contribution in [0.25, 0.3) is 0 Å². The average molecular weight is 301 g/mol. The molecular weight excluding hydrogens is 282 g/mol. The summed E-state index contributed by atoms with van der Waals surface area (Å²) in [6.07, 6.45) is 2.04. The molecule has 1 aliphatic heterocycles. The third kappa shape index (κ3) is 3.18. The van der Waals surface area contributed by atoms with E-state index in [1.165, 1.54) is 6.20 Å². The molecule has 1 aromatic heterocycles. The number of rotatable bonds is 5. The number of hydrogen-bond acceptors (Lipinski definition) is 5. The molecule has 1 unspecified atom stereocenters. The molecule has 1 aromatic rings. The van der Waals surface area contributed by atoms with E-state index in [0.717, 1.165) is 0 Å². The van der Waals surface area contributed by atoms with Crippen LogP contribution in [-0.4, -0.2) is 55.9 Å². The van der Waals surface area contributed by atoms with Gasteiger partial charge in [-0.25, -0.2) is 8.42 Å². The molecule has 8 heteroatoms. The molecule has 0 saturated carbocycles. The standard InChI is InChI=1S/C12H19N3O4S/c1-9-11(12(16)13-4-5-19-2)7-14-15(9)10-3-6-20(17,18)8-10/h7,10H,3-6,8H2,1-2H3,(H,13,16). The van der Waals surface area contributed by atoms with Gasteiger partial charge in [0.15, 0.2) is 9.84 Å². The fourth-order valence-electron chi connectivity index (χ4n) is 2.34. The Kier molecular flexibility index (Phi) is 4.44. The normalized spacial score (nSPS) is 21.0. The molecule has 0 aliphatic carbocycles. The van der Waals surface area contributed by atoms with Crippen LogP contribution in [0.2, 0.25) is 0 Å². The molecule has 7 nitrogen and oxygen atoms in total. The molecule has 1 amide bonds. The Bertz CT molecular complexity index is 594. The van der Waals surface area contributed by atoms with E-state index in [-0.39, 0.29) is 23.5 Å². The van der Waals surface area contributed by atoms with Gasteiger partial charge < -0.3 is 10.1 Å². The Morgan fingerprint density at radius 3 is 2.95 bits per heavy atom. The van der Waals surface area contributed by atoms with E-state index >= 15 is 0 Å². The second kappa shape index (κ2) is 5.92. The Labute approximate surface area is 118 Å². The van der Waals surface area contributed by atoms with Crippen molar-refractivity contribution in [3.8, 4) is 0 Å². The lowest BCUT2D eigenvalue weighted by atomic mass is 10.2. The summed E-state index contributed by atoms with van der Waals surface area (Å²) in [7, 11) is -1.40. The summed E-state index contributed by atoms with van der Waals surface area (Å²) in [6, 6.07) is -0.166. The first-order valence-corrected chi connectivity index (χ1v) is 8.28. The van der Waals surface area contributed by atoms with Gasteiger partial charge in [0.2, 0.25) is 0 Å². The molecule has 0 bridgehead atoms. The lowest BCUT2D eigenvalue weighted by Crippen LogP contribution is -2.27. The van der Waals surface area contributed by atoms with E-state index in [1.54, 1.807) is 18.7 Å². The van der Waals surface area contributed by atoms with E-state index in [1.807, 2.05) is 0 Å². The van der Waals surface area contributed by atoms with Crippen molar-refractivity contribution in [3.63, 3.8) is 0 Å². The van der Waals surface area contributed by atoms with Gasteiger partial charge >= 0.3 is 0 Å². The number of amides is 1. The summed E-state index contributed by atoms with van der Waals surface area (Å²) in [5.41, 5.74) is 1.17. The van der Waals surface area contributed by atoms with Gasteiger partial charge in [-0.3, -0.25) is 9.48 Å². The van der Waals surface area contributed by atoms with Crippen LogP contribution in [0.5, 0.6) is 0 Å². The van der Waals surface area contributed by atoms with Crippen molar-refractivity contribution in [2.45, 2.75) is 19.4 Å². The van der Waals surface area contributed by atoms with Gasteiger partial charge in [0.05, 0.1) is 35.9 Å². The maximum Gasteiger partial charge on any atom is 0.254 e. The first kappa shape index (κ1) is 15.0. The highest BCUT2D eigenvalue weighted by Gasteiger charge is 2.31. The largest absolute Gasteiger partial charge is 0.383 e. The monoisotopic (exact) mass is 301 g/mol. The van der Waals surface area contributed by atoms with Gasteiger partial charge in [-0.15, -0.1) is 0 Å². The van der Waals surface area contributed by atoms with Crippen molar-refractivity contribution in [1.82, 2.24) is 15.1 Å². The fourth-order valence-corrected chi connectivity index (χ4v) is 4.04. The summed E-state index contributed by atoms with van der Waals surface area (Å²) in [5.74, 6) is 0.0683. The number of nitrogens with zero attached hydrogens (tertiary/aromatic N) is 2. The van der Waals surface area contributed by atoms with E-state index in [9.17, 15) is 13.2 Å². The average Bonchev–Trinajstić information content (AvgIpc) is 2.92. The third-order valence-electron chi connectivity index (χ3n) is 3.44. The van der Waals surface area contributed by atoms with Gasteiger partial charge in [-0.2, -0.15) is 5.10 Å². The van der Waals surface area contributed by atoms with Crippen LogP contribution in [0.15, 0.2) is 6.20 Å². The highest BCUT2D eigenvalue weighted by Crippen LogP contribution is 2.25. The number of carbonyl (C=O) groups is 1. The molecule has 1 saturated heterocycles. The highest BCUT2D eigenvalue weighted by atomic mass is 32.2. The number of hydrogen-bond donors (Lipinski definition) is 1. The van der Waals surface area contributed by atoms with Crippen molar-refractivity contribution in [3.05, 3.63) is 17.5 Å². The van der Waals surface area contributed by atoms with Crippen LogP contribution in [0.3, 0.4) is 0 Å². The maximum atomic E-state index is 12.0. The predicted molar refractivity (Wildman–Crippen MR) is 73.5 cm³/mol. The van der Waals surface area contributed by atoms with E-state index < -0.39 is 9.84 Å². The van der Waals surface area contributed by atoms with E-state index in [0.29, 0.717) is 30.8 Å². The number of sulfone groups is 1. The summed E-state index contributed by atoms with van der Waals surface area (Å²) in [6.45, 7) is 2.65. The number of methoxy groups -OCH3 is 1. The summed E-state index contributed by atoms with van der Waals surface area (Å²) >= 11 is 0. The van der Waals surface area contributed by atoms with Crippen molar-refractivity contribution < 1.29 is 17.9 Å². The lowest BCUT2D eigenvalue weighted by Gasteiger charge is -2.11. The molecule has 0 radical (unpaired) electrons. The molecule has 1 N–H and O–H groups in total. The topological polar surface area (TPSA) is 90.3 Å². The van der Waals surface area contributed by atoms with Gasteiger partial charge in [-0.05, 0) is 13.3 Å². The van der Waals surface area contributed by atoms with Crippen LogP contribution in [0, 0.1) is 6.92 Å². The van der Waals surface area contributed by atoms with Crippen LogP contribution in [0.1, 0.15) is 28.5 Å². The second-order valence-electron chi connectivity index (χ2n) is 4.89. The molecule has 112 valence electrons. The summed E-state index contributed by atoms with van der Waals surface area (Å²) < 4.78 is 29.5. The van der Waals surface area contributed by atoms with Gasteiger partial charge in [0, 0.05) is 19.3 Å². The Hall–Kier alpha value is -1.41. The van der Waals surface area contributed by atoms with Crippen molar-refractivity contribution >= 4 is 15.7 Å². The van der Waals surface area contributed by atoms with Crippen LogP contribution >= 0.6 is 0 Å². The first-order chi connectivity index (χ1) is 9.44.